The second-order valence-corrected chi connectivity index (χ2v) is 9.59. The zero-order chi connectivity index (χ0) is 23.3. The van der Waals surface area contributed by atoms with Gasteiger partial charge in [0.05, 0.1) is 12.1 Å². The third-order valence-electron chi connectivity index (χ3n) is 5.90. The van der Waals surface area contributed by atoms with Crippen LogP contribution in [0.3, 0.4) is 0 Å². The molecule has 0 aromatic carbocycles. The SMILES string of the molecule is CC(C)C[C@H](N)C(=O)N1CCC[C@H]1C(=O)OC(=O)[C@@H]1CCCN1C(=O)[C@@H](N)CC(C)C. The predicted molar refractivity (Wildman–Crippen MR) is 115 cm³/mol. The van der Waals surface area contributed by atoms with Crippen LogP contribution in [-0.4, -0.2) is 70.8 Å². The van der Waals surface area contributed by atoms with Gasteiger partial charge in [0.2, 0.25) is 11.8 Å². The molecule has 9 heteroatoms. The maximum atomic E-state index is 12.7. The first-order valence-corrected chi connectivity index (χ1v) is 11.4. The fourth-order valence-electron chi connectivity index (χ4n) is 4.43. The van der Waals surface area contributed by atoms with Crippen molar-refractivity contribution in [1.29, 1.82) is 0 Å². The number of nitrogens with two attached hydrogens (primary N) is 2. The van der Waals surface area contributed by atoms with Gasteiger partial charge in [0.15, 0.2) is 0 Å². The van der Waals surface area contributed by atoms with E-state index in [0.29, 0.717) is 51.6 Å². The van der Waals surface area contributed by atoms with E-state index in [2.05, 4.69) is 0 Å². The van der Waals surface area contributed by atoms with Gasteiger partial charge in [-0.3, -0.25) is 9.59 Å². The molecule has 0 spiro atoms. The van der Waals surface area contributed by atoms with Crippen LogP contribution in [0.2, 0.25) is 0 Å². The van der Waals surface area contributed by atoms with Crippen molar-refractivity contribution in [1.82, 2.24) is 9.80 Å². The molecule has 4 N–H and O–H groups in total. The van der Waals surface area contributed by atoms with Gasteiger partial charge >= 0.3 is 11.9 Å². The maximum Gasteiger partial charge on any atom is 0.336 e. The maximum absolute atomic E-state index is 12.7. The van der Waals surface area contributed by atoms with Crippen molar-refractivity contribution in [2.75, 3.05) is 13.1 Å². The van der Waals surface area contributed by atoms with Crippen LogP contribution in [0.5, 0.6) is 0 Å². The van der Waals surface area contributed by atoms with Crippen LogP contribution in [-0.2, 0) is 23.9 Å². The number of likely N-dealkylation sites (tertiary alicyclic amines) is 2. The summed E-state index contributed by atoms with van der Waals surface area (Å²) in [5.41, 5.74) is 12.0. The van der Waals surface area contributed by atoms with Crippen molar-refractivity contribution in [3.8, 4) is 0 Å². The van der Waals surface area contributed by atoms with Gasteiger partial charge in [-0.05, 0) is 50.4 Å². The lowest BCUT2D eigenvalue weighted by Gasteiger charge is -2.28. The summed E-state index contributed by atoms with van der Waals surface area (Å²) in [5.74, 6) is -1.59. The molecule has 4 atom stereocenters. The number of nitrogens with zero attached hydrogens (tertiary/aromatic N) is 2. The lowest BCUT2D eigenvalue weighted by Crippen LogP contribution is -2.51. The lowest BCUT2D eigenvalue weighted by atomic mass is 10.0. The number of hydrogen-bond donors (Lipinski definition) is 2. The van der Waals surface area contributed by atoms with Crippen molar-refractivity contribution in [2.45, 2.75) is 90.4 Å². The van der Waals surface area contributed by atoms with Crippen LogP contribution in [0.25, 0.3) is 0 Å². The molecular weight excluding hydrogens is 400 g/mol. The highest BCUT2D eigenvalue weighted by Gasteiger charge is 2.42. The Morgan fingerprint density at radius 3 is 1.45 bits per heavy atom. The Labute approximate surface area is 184 Å². The molecule has 0 saturated carbocycles. The van der Waals surface area contributed by atoms with Gasteiger partial charge in [-0.15, -0.1) is 0 Å². The molecule has 0 unspecified atom stereocenters. The van der Waals surface area contributed by atoms with E-state index in [1.54, 1.807) is 0 Å². The highest BCUT2D eigenvalue weighted by atomic mass is 16.6. The average molecular weight is 439 g/mol. The molecule has 2 saturated heterocycles. The number of rotatable bonds is 8. The Hall–Kier alpha value is -2.00. The normalized spacial score (nSPS) is 23.4. The van der Waals surface area contributed by atoms with Gasteiger partial charge in [-0.1, -0.05) is 27.7 Å². The number of carbonyl (C=O) groups is 4. The summed E-state index contributed by atoms with van der Waals surface area (Å²) < 4.78 is 5.15. The Balaban J connectivity index is 1.99. The summed E-state index contributed by atoms with van der Waals surface area (Å²) in [6.07, 6.45) is 3.19. The third-order valence-corrected chi connectivity index (χ3v) is 5.90. The molecule has 2 fully saturated rings. The molecular formula is C22H38N4O5. The minimum atomic E-state index is -0.816. The number of hydrogen-bond acceptors (Lipinski definition) is 7. The minimum absolute atomic E-state index is 0.251. The summed E-state index contributed by atoms with van der Waals surface area (Å²) in [4.78, 5) is 53.7. The molecule has 2 heterocycles. The Kier molecular flexibility index (Phi) is 9.00. The van der Waals surface area contributed by atoms with E-state index in [4.69, 9.17) is 16.2 Å². The molecule has 0 radical (unpaired) electrons. The summed E-state index contributed by atoms with van der Waals surface area (Å²) in [5, 5.41) is 0. The van der Waals surface area contributed by atoms with Crippen molar-refractivity contribution in [3.05, 3.63) is 0 Å². The number of esters is 2. The molecule has 2 rings (SSSR count). The third kappa shape index (κ3) is 6.49. The summed E-state index contributed by atoms with van der Waals surface area (Å²) >= 11 is 0. The van der Waals surface area contributed by atoms with E-state index >= 15 is 0 Å². The van der Waals surface area contributed by atoms with Crippen molar-refractivity contribution >= 4 is 23.8 Å². The van der Waals surface area contributed by atoms with Crippen LogP contribution in [0.15, 0.2) is 0 Å². The van der Waals surface area contributed by atoms with Gasteiger partial charge in [-0.2, -0.15) is 0 Å². The van der Waals surface area contributed by atoms with E-state index in [9.17, 15) is 19.2 Å². The van der Waals surface area contributed by atoms with Crippen LogP contribution < -0.4 is 11.5 Å². The molecule has 2 aliphatic rings. The number of ether oxygens (including phenoxy) is 1. The molecule has 2 amide bonds. The van der Waals surface area contributed by atoms with Crippen LogP contribution in [0.4, 0.5) is 0 Å². The monoisotopic (exact) mass is 438 g/mol. The van der Waals surface area contributed by atoms with E-state index in [1.165, 1.54) is 9.80 Å². The van der Waals surface area contributed by atoms with Crippen molar-refractivity contribution < 1.29 is 23.9 Å². The minimum Gasteiger partial charge on any atom is -0.390 e. The fourth-order valence-corrected chi connectivity index (χ4v) is 4.43. The Morgan fingerprint density at radius 1 is 0.774 bits per heavy atom. The lowest BCUT2D eigenvalue weighted by molar-refractivity contribution is -0.169. The number of amides is 2. The first kappa shape index (κ1) is 25.3. The summed E-state index contributed by atoms with van der Waals surface area (Å²) in [7, 11) is 0. The highest BCUT2D eigenvalue weighted by Crippen LogP contribution is 2.24. The van der Waals surface area contributed by atoms with Gasteiger partial charge < -0.3 is 26.0 Å². The van der Waals surface area contributed by atoms with Crippen LogP contribution in [0, 0.1) is 11.8 Å². The van der Waals surface area contributed by atoms with Crippen LogP contribution in [0.1, 0.15) is 66.2 Å². The Morgan fingerprint density at radius 2 is 1.13 bits per heavy atom. The summed E-state index contributed by atoms with van der Waals surface area (Å²) in [6, 6.07) is -3.00. The first-order valence-electron chi connectivity index (χ1n) is 11.4. The average Bonchev–Trinajstić information content (AvgIpc) is 3.35. The second kappa shape index (κ2) is 11.0. The standard InChI is InChI=1S/C22H38N4O5/c1-13(2)11-15(23)19(27)25-9-5-7-17(25)21(29)31-22(30)18-8-6-10-26(18)20(28)16(24)12-14(3)4/h13-18H,5-12,23-24H2,1-4H3/t15-,16-,17-,18-/m0/s1. The summed E-state index contributed by atoms with van der Waals surface area (Å²) in [6.45, 7) is 8.73. The van der Waals surface area contributed by atoms with E-state index in [1.807, 2.05) is 27.7 Å². The predicted octanol–water partition coefficient (Wildman–Crippen LogP) is 0.785. The van der Waals surface area contributed by atoms with Crippen LogP contribution >= 0.6 is 0 Å². The van der Waals surface area contributed by atoms with E-state index < -0.39 is 36.1 Å². The molecule has 9 nitrogen and oxygen atoms in total. The highest BCUT2D eigenvalue weighted by molar-refractivity contribution is 5.96. The van der Waals surface area contributed by atoms with Gasteiger partial charge in [0, 0.05) is 13.1 Å². The molecule has 0 bridgehead atoms. The second-order valence-electron chi connectivity index (χ2n) is 9.59. The Bertz CT molecular complexity index is 625. The zero-order valence-corrected chi connectivity index (χ0v) is 19.2. The van der Waals surface area contributed by atoms with E-state index in [-0.39, 0.29) is 23.7 Å². The smallest absolute Gasteiger partial charge is 0.336 e. The molecule has 0 aliphatic carbocycles. The molecule has 31 heavy (non-hydrogen) atoms. The molecule has 176 valence electrons. The van der Waals surface area contributed by atoms with Gasteiger partial charge in [0.25, 0.3) is 0 Å². The number of carbonyl (C=O) groups excluding carboxylic acids is 4. The fraction of sp³-hybridized carbons (Fsp3) is 0.818. The zero-order valence-electron chi connectivity index (χ0n) is 19.2. The van der Waals surface area contributed by atoms with Gasteiger partial charge in [0.1, 0.15) is 12.1 Å². The van der Waals surface area contributed by atoms with E-state index in [0.717, 1.165) is 0 Å². The van der Waals surface area contributed by atoms with Gasteiger partial charge in [-0.25, -0.2) is 9.59 Å². The topological polar surface area (TPSA) is 136 Å². The molecule has 0 aromatic heterocycles. The van der Waals surface area contributed by atoms with Crippen molar-refractivity contribution in [3.63, 3.8) is 0 Å². The first-order chi connectivity index (χ1) is 14.5. The van der Waals surface area contributed by atoms with Crippen molar-refractivity contribution in [2.24, 2.45) is 23.3 Å². The molecule has 0 aromatic rings. The quantitative estimate of drug-likeness (QED) is 0.422. The largest absolute Gasteiger partial charge is 0.390 e. The molecule has 2 aliphatic heterocycles.